The van der Waals surface area contributed by atoms with Gasteiger partial charge in [0.05, 0.1) is 11.0 Å². The molecule has 0 radical (unpaired) electrons. The summed E-state index contributed by atoms with van der Waals surface area (Å²) in [5, 5.41) is 20.2. The Labute approximate surface area is 129 Å². The minimum atomic E-state index is -0.525. The van der Waals surface area contributed by atoms with Crippen LogP contribution in [0, 0.1) is 10.1 Å². The molecule has 0 aliphatic carbocycles. The van der Waals surface area contributed by atoms with E-state index in [1.807, 2.05) is 18.2 Å². The summed E-state index contributed by atoms with van der Waals surface area (Å²) in [6, 6.07) is 12.1. The molecule has 0 aliphatic heterocycles. The van der Waals surface area contributed by atoms with Gasteiger partial charge in [-0.25, -0.2) is 0 Å². The molecule has 1 atom stereocenters. The molecule has 0 aromatic heterocycles. The zero-order valence-corrected chi connectivity index (χ0v) is 13.0. The number of nitrogens with zero attached hydrogens (tertiary/aromatic N) is 1. The molecule has 1 N–H and O–H groups in total. The lowest BCUT2D eigenvalue weighted by Crippen LogP contribution is -1.92. The van der Waals surface area contributed by atoms with E-state index in [1.165, 1.54) is 23.9 Å². The monoisotopic (exact) mass is 353 g/mol. The van der Waals surface area contributed by atoms with Gasteiger partial charge in [0, 0.05) is 26.4 Å². The van der Waals surface area contributed by atoms with Gasteiger partial charge in [-0.2, -0.15) is 0 Å². The standard InChI is InChI=1S/C14H12BrNO3S/c1-9(17)13-7-6-12(8-14(13)15)20-11-4-2-10(3-5-11)16(18)19/h2-9,17H,1H3/t9-/m0/s1. The van der Waals surface area contributed by atoms with E-state index < -0.39 is 11.0 Å². The third kappa shape index (κ3) is 3.59. The van der Waals surface area contributed by atoms with Crippen LogP contribution in [-0.4, -0.2) is 10.0 Å². The first kappa shape index (κ1) is 15.0. The fraction of sp³-hybridized carbons (Fsp3) is 0.143. The Morgan fingerprint density at radius 1 is 1.20 bits per heavy atom. The third-order valence-electron chi connectivity index (χ3n) is 2.71. The molecule has 6 heteroatoms. The fourth-order valence-electron chi connectivity index (χ4n) is 1.68. The largest absolute Gasteiger partial charge is 0.389 e. The molecule has 0 amide bonds. The Morgan fingerprint density at radius 2 is 1.80 bits per heavy atom. The number of rotatable bonds is 4. The molecule has 0 fully saturated rings. The highest BCUT2D eigenvalue weighted by atomic mass is 79.9. The average Bonchev–Trinajstić information content (AvgIpc) is 2.39. The average molecular weight is 354 g/mol. The maximum Gasteiger partial charge on any atom is 0.269 e. The summed E-state index contributed by atoms with van der Waals surface area (Å²) >= 11 is 4.94. The highest BCUT2D eigenvalue weighted by Gasteiger charge is 2.08. The van der Waals surface area contributed by atoms with Gasteiger partial charge >= 0.3 is 0 Å². The van der Waals surface area contributed by atoms with Crippen molar-refractivity contribution in [3.63, 3.8) is 0 Å². The minimum Gasteiger partial charge on any atom is -0.389 e. The predicted molar refractivity (Wildman–Crippen MR) is 82.0 cm³/mol. The summed E-state index contributed by atoms with van der Waals surface area (Å²) in [5.41, 5.74) is 0.915. The SMILES string of the molecule is C[C@H](O)c1ccc(Sc2ccc([N+](=O)[O-])cc2)cc1Br. The van der Waals surface area contributed by atoms with E-state index in [4.69, 9.17) is 0 Å². The smallest absolute Gasteiger partial charge is 0.269 e. The molecule has 4 nitrogen and oxygen atoms in total. The Morgan fingerprint density at radius 3 is 2.30 bits per heavy atom. The molecule has 0 heterocycles. The quantitative estimate of drug-likeness (QED) is 0.646. The molecule has 20 heavy (non-hydrogen) atoms. The van der Waals surface area contributed by atoms with Crippen LogP contribution in [-0.2, 0) is 0 Å². The van der Waals surface area contributed by atoms with Crippen molar-refractivity contribution in [2.75, 3.05) is 0 Å². The zero-order chi connectivity index (χ0) is 14.7. The molecule has 104 valence electrons. The van der Waals surface area contributed by atoms with Gasteiger partial charge in [0.2, 0.25) is 0 Å². The number of hydrogen-bond donors (Lipinski definition) is 1. The van der Waals surface area contributed by atoms with Gasteiger partial charge < -0.3 is 5.11 Å². The van der Waals surface area contributed by atoms with Crippen LogP contribution in [0.3, 0.4) is 0 Å². The normalized spacial score (nSPS) is 12.2. The van der Waals surface area contributed by atoms with Crippen LogP contribution in [0.25, 0.3) is 0 Å². The maximum absolute atomic E-state index is 10.6. The van der Waals surface area contributed by atoms with Crippen LogP contribution in [0.15, 0.2) is 56.7 Å². The molecular formula is C14H12BrNO3S. The number of halogens is 1. The van der Waals surface area contributed by atoms with E-state index in [9.17, 15) is 15.2 Å². The van der Waals surface area contributed by atoms with Crippen LogP contribution >= 0.6 is 27.7 Å². The summed E-state index contributed by atoms with van der Waals surface area (Å²) in [5.74, 6) is 0. The van der Waals surface area contributed by atoms with Crippen molar-refractivity contribution in [3.8, 4) is 0 Å². The number of nitro groups is 1. The van der Waals surface area contributed by atoms with Crippen LogP contribution in [0.5, 0.6) is 0 Å². The third-order valence-corrected chi connectivity index (χ3v) is 4.39. The molecule has 0 saturated heterocycles. The molecule has 0 saturated carbocycles. The number of benzene rings is 2. The summed E-state index contributed by atoms with van der Waals surface area (Å²) in [6.45, 7) is 1.71. The van der Waals surface area contributed by atoms with E-state index in [0.717, 1.165) is 19.8 Å². The van der Waals surface area contributed by atoms with Crippen LogP contribution in [0.4, 0.5) is 5.69 Å². The second-order valence-electron chi connectivity index (χ2n) is 4.21. The highest BCUT2D eigenvalue weighted by Crippen LogP contribution is 2.33. The lowest BCUT2D eigenvalue weighted by molar-refractivity contribution is -0.384. The van der Waals surface area contributed by atoms with Gasteiger partial charge in [-0.3, -0.25) is 10.1 Å². The number of aliphatic hydroxyl groups excluding tert-OH is 1. The number of hydrogen-bond acceptors (Lipinski definition) is 4. The van der Waals surface area contributed by atoms with E-state index in [0.29, 0.717) is 0 Å². The van der Waals surface area contributed by atoms with Crippen molar-refractivity contribution in [1.29, 1.82) is 0 Å². The topological polar surface area (TPSA) is 63.4 Å². The lowest BCUT2D eigenvalue weighted by Gasteiger charge is -2.09. The first-order valence-corrected chi connectivity index (χ1v) is 7.48. The first-order valence-electron chi connectivity index (χ1n) is 5.87. The van der Waals surface area contributed by atoms with Crippen LogP contribution < -0.4 is 0 Å². The molecular weight excluding hydrogens is 342 g/mol. The van der Waals surface area contributed by atoms with Crippen LogP contribution in [0.1, 0.15) is 18.6 Å². The van der Waals surface area contributed by atoms with Gasteiger partial charge in [-0.05, 0) is 36.8 Å². The predicted octanol–water partition coefficient (Wildman–Crippen LogP) is 4.56. The molecule has 2 aromatic rings. The van der Waals surface area contributed by atoms with Gasteiger partial charge in [0.25, 0.3) is 5.69 Å². The van der Waals surface area contributed by atoms with E-state index in [2.05, 4.69) is 15.9 Å². The number of non-ortho nitro benzene ring substituents is 1. The summed E-state index contributed by atoms with van der Waals surface area (Å²) in [4.78, 5) is 12.1. The Kier molecular flexibility index (Phi) is 4.80. The van der Waals surface area contributed by atoms with Gasteiger partial charge in [-0.1, -0.05) is 33.8 Å². The van der Waals surface area contributed by atoms with Crippen molar-refractivity contribution in [2.45, 2.75) is 22.8 Å². The Hall–Kier alpha value is -1.37. The summed E-state index contributed by atoms with van der Waals surface area (Å²) in [6.07, 6.45) is -0.525. The number of aliphatic hydroxyl groups is 1. The van der Waals surface area contributed by atoms with E-state index in [-0.39, 0.29) is 5.69 Å². The fourth-order valence-corrected chi connectivity index (χ4v) is 3.40. The minimum absolute atomic E-state index is 0.0833. The summed E-state index contributed by atoms with van der Waals surface area (Å²) < 4.78 is 0.847. The second kappa shape index (κ2) is 6.39. The van der Waals surface area contributed by atoms with Crippen molar-refractivity contribution in [1.82, 2.24) is 0 Å². The Balaban J connectivity index is 2.17. The van der Waals surface area contributed by atoms with E-state index in [1.54, 1.807) is 19.1 Å². The van der Waals surface area contributed by atoms with Crippen molar-refractivity contribution in [2.24, 2.45) is 0 Å². The lowest BCUT2D eigenvalue weighted by atomic mass is 10.1. The van der Waals surface area contributed by atoms with Crippen molar-refractivity contribution < 1.29 is 10.0 Å². The summed E-state index contributed by atoms with van der Waals surface area (Å²) in [7, 11) is 0. The van der Waals surface area contributed by atoms with Gasteiger partial charge in [0.1, 0.15) is 0 Å². The molecule has 0 spiro atoms. The molecule has 2 rings (SSSR count). The number of nitro benzene ring substituents is 1. The van der Waals surface area contributed by atoms with Gasteiger partial charge in [-0.15, -0.1) is 0 Å². The maximum atomic E-state index is 10.6. The second-order valence-corrected chi connectivity index (χ2v) is 6.21. The zero-order valence-electron chi connectivity index (χ0n) is 10.6. The molecule has 0 aliphatic rings. The first-order chi connectivity index (χ1) is 9.47. The molecule has 0 bridgehead atoms. The molecule has 0 unspecified atom stereocenters. The van der Waals surface area contributed by atoms with Crippen molar-refractivity contribution in [3.05, 3.63) is 62.6 Å². The van der Waals surface area contributed by atoms with Gasteiger partial charge in [0.15, 0.2) is 0 Å². The van der Waals surface area contributed by atoms with Crippen molar-refractivity contribution >= 4 is 33.4 Å². The Bertz CT molecular complexity index is 629. The van der Waals surface area contributed by atoms with Crippen LogP contribution in [0.2, 0.25) is 0 Å². The molecule has 2 aromatic carbocycles. The van der Waals surface area contributed by atoms with E-state index >= 15 is 0 Å². The highest BCUT2D eigenvalue weighted by molar-refractivity contribution is 9.10.